The summed E-state index contributed by atoms with van der Waals surface area (Å²) in [6, 6.07) is 8.74. The summed E-state index contributed by atoms with van der Waals surface area (Å²) in [6.07, 6.45) is 8.06. The van der Waals surface area contributed by atoms with Gasteiger partial charge in [0, 0.05) is 12.3 Å². The number of aliphatic carboxylic acids is 1. The van der Waals surface area contributed by atoms with Gasteiger partial charge in [0.25, 0.3) is 0 Å². The standard InChI is InChI=1S/C36H41N5O8S/c42-31-28-19-24(48-32-30(29-17-10-18-50-29)37-25-14-8-9-15-26(25)38-32)21-40(28)33(43)27(41(47)35(46)49-23-12-6-7-13-23)16-5-3-1-2-4-11-22-20-36(22,39-31)34(44)45/h4,8-11,14-15,17-18,22-24,27-28,47H,1-3,5-7,12-13,16,19-21H2,(H,39,42)(H,44,45)/b11-4-/t22-,24?,27?,28+,36-/m1/s1. The Balaban J connectivity index is 1.20. The van der Waals surface area contributed by atoms with Crippen LogP contribution in [0.3, 0.4) is 0 Å². The fraction of sp³-hybridized carbons (Fsp3) is 0.500. The van der Waals surface area contributed by atoms with Crippen LogP contribution < -0.4 is 10.1 Å². The van der Waals surface area contributed by atoms with Crippen molar-refractivity contribution in [2.45, 2.75) is 100 Å². The highest BCUT2D eigenvalue weighted by atomic mass is 32.1. The molecule has 0 radical (unpaired) electrons. The molecule has 4 aliphatic rings. The van der Waals surface area contributed by atoms with Gasteiger partial charge in [0.05, 0.1) is 22.5 Å². The van der Waals surface area contributed by atoms with Gasteiger partial charge in [-0.1, -0.05) is 43.2 Å². The average molecular weight is 704 g/mol. The fourth-order valence-corrected chi connectivity index (χ4v) is 8.05. The van der Waals surface area contributed by atoms with Gasteiger partial charge in [-0.15, -0.1) is 11.3 Å². The second-order valence-electron chi connectivity index (χ2n) is 13.6. The second-order valence-corrected chi connectivity index (χ2v) is 14.6. The molecule has 50 heavy (non-hydrogen) atoms. The predicted octanol–water partition coefficient (Wildman–Crippen LogP) is 5.33. The van der Waals surface area contributed by atoms with Crippen LogP contribution in [-0.2, 0) is 19.1 Å². The van der Waals surface area contributed by atoms with Crippen molar-refractivity contribution < 1.29 is 39.0 Å². The van der Waals surface area contributed by atoms with Gasteiger partial charge in [-0.05, 0) is 74.9 Å². The number of carboxylic acids is 1. The Morgan fingerprint density at radius 1 is 0.980 bits per heavy atom. The molecule has 2 aliphatic heterocycles. The van der Waals surface area contributed by atoms with Crippen LogP contribution in [0, 0.1) is 5.92 Å². The highest BCUT2D eigenvalue weighted by molar-refractivity contribution is 7.13. The normalized spacial score (nSPS) is 28.1. The van der Waals surface area contributed by atoms with Crippen LogP contribution in [0.2, 0.25) is 0 Å². The third-order valence-corrected chi connectivity index (χ3v) is 11.1. The van der Waals surface area contributed by atoms with Gasteiger partial charge < -0.3 is 24.8 Å². The first-order chi connectivity index (χ1) is 24.2. The first kappa shape index (κ1) is 33.9. The van der Waals surface area contributed by atoms with Crippen molar-refractivity contribution >= 4 is 46.2 Å². The molecule has 2 aromatic heterocycles. The molecule has 14 heteroatoms. The van der Waals surface area contributed by atoms with Gasteiger partial charge in [0.2, 0.25) is 17.7 Å². The average Bonchev–Trinajstić information content (AvgIpc) is 3.60. The van der Waals surface area contributed by atoms with E-state index in [1.165, 1.54) is 16.2 Å². The van der Waals surface area contributed by atoms with E-state index in [1.54, 1.807) is 0 Å². The number of thiophene rings is 1. The van der Waals surface area contributed by atoms with E-state index in [2.05, 4.69) is 5.32 Å². The van der Waals surface area contributed by atoms with Crippen LogP contribution in [0.4, 0.5) is 4.79 Å². The number of nitrogens with zero attached hydrogens (tertiary/aromatic N) is 4. The number of allylic oxidation sites excluding steroid dienone is 1. The number of nitrogens with one attached hydrogen (secondary N) is 1. The van der Waals surface area contributed by atoms with Crippen molar-refractivity contribution in [3.63, 3.8) is 0 Å². The minimum Gasteiger partial charge on any atom is -0.479 e. The maximum atomic E-state index is 14.5. The fourth-order valence-electron chi connectivity index (χ4n) is 7.35. The number of fused-ring (bicyclic) bond motifs is 3. The van der Waals surface area contributed by atoms with Crippen molar-refractivity contribution in [2.75, 3.05) is 6.54 Å². The molecule has 0 bridgehead atoms. The van der Waals surface area contributed by atoms with Crippen LogP contribution in [0.15, 0.2) is 53.9 Å². The van der Waals surface area contributed by atoms with Crippen molar-refractivity contribution in [3.05, 3.63) is 53.9 Å². The Morgan fingerprint density at radius 2 is 1.74 bits per heavy atom. The number of ether oxygens (including phenoxy) is 2. The van der Waals surface area contributed by atoms with E-state index in [0.717, 1.165) is 24.1 Å². The van der Waals surface area contributed by atoms with Gasteiger partial charge in [-0.3, -0.25) is 14.8 Å². The van der Waals surface area contributed by atoms with E-state index in [4.69, 9.17) is 19.4 Å². The second kappa shape index (κ2) is 14.4. The van der Waals surface area contributed by atoms with E-state index >= 15 is 0 Å². The molecule has 3 fully saturated rings. The Hall–Kier alpha value is -4.56. The van der Waals surface area contributed by atoms with Gasteiger partial charge in [0.1, 0.15) is 35.5 Å². The molecule has 3 amide bonds. The molecule has 3 aromatic rings. The zero-order valence-electron chi connectivity index (χ0n) is 27.6. The number of aromatic nitrogens is 2. The van der Waals surface area contributed by atoms with Crippen molar-refractivity contribution in [3.8, 4) is 16.5 Å². The van der Waals surface area contributed by atoms with Crippen molar-refractivity contribution in [2.24, 2.45) is 5.92 Å². The summed E-state index contributed by atoms with van der Waals surface area (Å²) in [6.45, 7) is -0.0687. The Labute approximate surface area is 293 Å². The highest BCUT2D eigenvalue weighted by Gasteiger charge is 2.61. The van der Waals surface area contributed by atoms with Crippen molar-refractivity contribution in [1.82, 2.24) is 25.2 Å². The molecule has 264 valence electrons. The maximum absolute atomic E-state index is 14.5. The number of amides is 3. The number of rotatable bonds is 6. The molecule has 3 N–H and O–H groups in total. The lowest BCUT2D eigenvalue weighted by atomic mass is 10.0. The Kier molecular flexibility index (Phi) is 9.73. The van der Waals surface area contributed by atoms with E-state index in [9.17, 15) is 29.5 Å². The van der Waals surface area contributed by atoms with Gasteiger partial charge in [0.15, 0.2) is 0 Å². The molecule has 1 saturated heterocycles. The summed E-state index contributed by atoms with van der Waals surface area (Å²) < 4.78 is 12.0. The van der Waals surface area contributed by atoms with Gasteiger partial charge >= 0.3 is 12.1 Å². The number of hydroxylamine groups is 2. The lowest BCUT2D eigenvalue weighted by Gasteiger charge is -2.32. The third kappa shape index (κ3) is 6.91. The molecule has 1 aromatic carbocycles. The summed E-state index contributed by atoms with van der Waals surface area (Å²) in [5, 5.41) is 26.4. The number of benzene rings is 1. The number of para-hydroxylation sites is 2. The number of hydrogen-bond acceptors (Lipinski definition) is 10. The lowest BCUT2D eigenvalue weighted by Crippen LogP contribution is -2.56. The van der Waals surface area contributed by atoms with E-state index in [1.807, 2.05) is 53.9 Å². The minimum atomic E-state index is -1.48. The first-order valence-electron chi connectivity index (χ1n) is 17.4. The summed E-state index contributed by atoms with van der Waals surface area (Å²) in [7, 11) is 0. The quantitative estimate of drug-likeness (QED) is 0.173. The van der Waals surface area contributed by atoms with Crippen LogP contribution in [-0.4, -0.2) is 90.5 Å². The van der Waals surface area contributed by atoms with Gasteiger partial charge in [-0.25, -0.2) is 19.6 Å². The molecule has 2 aliphatic carbocycles. The van der Waals surface area contributed by atoms with Gasteiger partial charge in [-0.2, -0.15) is 5.06 Å². The zero-order valence-corrected chi connectivity index (χ0v) is 28.4. The largest absolute Gasteiger partial charge is 0.479 e. The van der Waals surface area contributed by atoms with E-state index < -0.39 is 47.6 Å². The maximum Gasteiger partial charge on any atom is 0.434 e. The molecule has 4 heterocycles. The number of carbonyl (C=O) groups excluding carboxylic acids is 3. The van der Waals surface area contributed by atoms with Crippen molar-refractivity contribution in [1.29, 1.82) is 0 Å². The summed E-state index contributed by atoms with van der Waals surface area (Å²) in [5.41, 5.74) is 0.326. The molecular formula is C36H41N5O8S. The Morgan fingerprint density at radius 3 is 2.48 bits per heavy atom. The van der Waals surface area contributed by atoms with Crippen LogP contribution in [0.1, 0.15) is 70.6 Å². The van der Waals surface area contributed by atoms with Crippen LogP contribution in [0.25, 0.3) is 21.6 Å². The summed E-state index contributed by atoms with van der Waals surface area (Å²) in [4.78, 5) is 65.8. The molecule has 2 unspecified atom stereocenters. The molecular weight excluding hydrogens is 662 g/mol. The molecule has 2 saturated carbocycles. The third-order valence-electron chi connectivity index (χ3n) is 10.2. The highest BCUT2D eigenvalue weighted by Crippen LogP contribution is 2.45. The molecule has 5 atom stereocenters. The monoisotopic (exact) mass is 703 g/mol. The predicted molar refractivity (Wildman–Crippen MR) is 182 cm³/mol. The SMILES string of the molecule is O=C1N[C@]2(C(=O)O)C[C@H]2/C=C\CCCCCC(N(O)C(=O)OC2CCCC2)C(=O)N2CC(Oc3nc4ccccc4nc3-c3cccs3)C[C@@H]12. The number of carbonyl (C=O) groups is 4. The number of hydrogen-bond donors (Lipinski definition) is 3. The summed E-state index contributed by atoms with van der Waals surface area (Å²) >= 11 is 1.47. The lowest BCUT2D eigenvalue weighted by molar-refractivity contribution is -0.160. The topological polar surface area (TPSA) is 171 Å². The summed E-state index contributed by atoms with van der Waals surface area (Å²) in [5.74, 6) is -2.57. The molecule has 13 nitrogen and oxygen atoms in total. The Bertz CT molecular complexity index is 1780. The first-order valence-corrected chi connectivity index (χ1v) is 18.3. The number of carboxylic acid groups (broad SMARTS) is 1. The van der Waals surface area contributed by atoms with E-state index in [0.29, 0.717) is 53.9 Å². The van der Waals surface area contributed by atoms with Crippen LogP contribution >= 0.6 is 11.3 Å². The van der Waals surface area contributed by atoms with Crippen LogP contribution in [0.5, 0.6) is 5.88 Å². The molecule has 0 spiro atoms. The molecule has 7 rings (SSSR count). The van der Waals surface area contributed by atoms with E-state index in [-0.39, 0.29) is 43.7 Å². The smallest absolute Gasteiger partial charge is 0.434 e. The zero-order chi connectivity index (χ0) is 34.8. The minimum absolute atomic E-state index is 0.0246.